The molecule has 6 saturated heterocycles. The molecular weight excluding hydrogens is 1200 g/mol. The monoisotopic (exact) mass is 1340 g/mol. The zero-order valence-electron chi connectivity index (χ0n) is 65.3. The van der Waals surface area contributed by atoms with Gasteiger partial charge in [-0.3, -0.25) is 29.4 Å². The van der Waals surface area contributed by atoms with Crippen LogP contribution in [-0.4, -0.2) is 238 Å². The normalized spacial score (nSPS) is 20.9. The fourth-order valence-corrected chi connectivity index (χ4v) is 15.0. The standard InChI is InChI=1S/C20H33N3.C18H28N2.C17H28N2.2C16H26N2/c1-17(2)19-6-4-18(5-7-19)16-22-12-14-23(15-13-22)20-8-10-21(3)11-9-20;1-15(2)18-7-5-17(6-8-18)14-20-11-9-19(10-12-20)13-16-3-4-16;1-5-18-10-12-19(13-11-18)15(4)17-8-6-16(7-9-17)14(2)3;1-13(2)15-7-5-14(6-8-15)11-18-10-9-16(12-18)17(3)4;1-4-17-9-11-18(12-10-17)13-15-5-7-16(8-6-15)14(2)3/h4-7,17,20H,8-16H2,1-3H3;5-8,15-16H,3-4,9-14H2,1-2H3;6-9,14-15H,5,10-13H2,1-4H3;5-8,13,16H,9-12H2,1-4H3;5-8,14H,4,9-13H2,1-3H3. The molecule has 0 radical (unpaired) electrons. The smallest absolute Gasteiger partial charge is 0.0320 e. The first-order chi connectivity index (χ1) is 47.2. The summed E-state index contributed by atoms with van der Waals surface area (Å²) in [6.45, 7) is 62.1. The lowest BCUT2D eigenvalue weighted by atomic mass is 9.99. The zero-order valence-corrected chi connectivity index (χ0v) is 65.3. The van der Waals surface area contributed by atoms with Gasteiger partial charge < -0.3 is 24.5 Å². The van der Waals surface area contributed by atoms with Crippen LogP contribution in [0.3, 0.4) is 0 Å². The quantitative estimate of drug-likeness (QED) is 0.0705. The van der Waals surface area contributed by atoms with Crippen LogP contribution in [-0.2, 0) is 26.2 Å². The van der Waals surface area contributed by atoms with Crippen LogP contribution in [0.5, 0.6) is 0 Å². The number of likely N-dealkylation sites (tertiary alicyclic amines) is 2. The molecule has 1 aliphatic carbocycles. The average molecular weight is 1340 g/mol. The van der Waals surface area contributed by atoms with E-state index in [0.29, 0.717) is 35.6 Å². The van der Waals surface area contributed by atoms with Crippen molar-refractivity contribution in [1.29, 1.82) is 0 Å². The Hall–Kier alpha value is -4.34. The molecule has 5 aromatic rings. The number of hydrogen-bond donors (Lipinski definition) is 0. The molecular formula is C87H141N11. The van der Waals surface area contributed by atoms with Gasteiger partial charge in [-0.25, -0.2) is 0 Å². The Morgan fingerprint density at radius 3 is 0.959 bits per heavy atom. The van der Waals surface area contributed by atoms with Crippen LogP contribution >= 0.6 is 0 Å². The zero-order chi connectivity index (χ0) is 70.1. The molecule has 7 fully saturated rings. The predicted molar refractivity (Wildman–Crippen MR) is 421 cm³/mol. The van der Waals surface area contributed by atoms with Gasteiger partial charge in [0.1, 0.15) is 0 Å². The molecule has 98 heavy (non-hydrogen) atoms. The van der Waals surface area contributed by atoms with Crippen LogP contribution in [0, 0.1) is 5.92 Å². The van der Waals surface area contributed by atoms with E-state index in [1.54, 1.807) is 0 Å². The Balaban J connectivity index is 0.000000157. The molecule has 5 aromatic carbocycles. The minimum Gasteiger partial charge on any atom is -0.306 e. The lowest BCUT2D eigenvalue weighted by molar-refractivity contribution is 0.0618. The van der Waals surface area contributed by atoms with Crippen molar-refractivity contribution in [3.63, 3.8) is 0 Å². The first-order valence-corrected chi connectivity index (χ1v) is 39.5. The molecule has 2 atom stereocenters. The van der Waals surface area contributed by atoms with Crippen LogP contribution in [0.2, 0.25) is 0 Å². The first-order valence-electron chi connectivity index (χ1n) is 39.5. The fourth-order valence-electron chi connectivity index (χ4n) is 15.0. The van der Waals surface area contributed by atoms with Gasteiger partial charge in [0.2, 0.25) is 0 Å². The number of rotatable bonds is 21. The molecule has 12 rings (SSSR count). The van der Waals surface area contributed by atoms with Crippen LogP contribution in [0.1, 0.15) is 213 Å². The van der Waals surface area contributed by atoms with Crippen LogP contribution in [0.25, 0.3) is 0 Å². The summed E-state index contributed by atoms with van der Waals surface area (Å²) < 4.78 is 0. The second-order valence-electron chi connectivity index (χ2n) is 32.3. The van der Waals surface area contributed by atoms with Crippen molar-refractivity contribution in [2.45, 2.75) is 196 Å². The van der Waals surface area contributed by atoms with Crippen molar-refractivity contribution in [3.8, 4) is 0 Å². The SMILES string of the molecule is CC(C)c1ccc(CN2CCC(N(C)C)C2)cc1.CC(C)c1ccc(CN2CCN(C3CCN(C)CC3)CC2)cc1.CC(C)c1ccc(CN2CCN(CC3CC3)CC2)cc1.CCN1CCN(C(C)c2ccc(C(C)C)cc2)CC1.CCN1CCN(Cc2ccc(C(C)C)cc2)CC1. The third-order valence-electron chi connectivity index (χ3n) is 22.9. The highest BCUT2D eigenvalue weighted by Gasteiger charge is 2.29. The molecule has 11 nitrogen and oxygen atoms in total. The highest BCUT2D eigenvalue weighted by molar-refractivity contribution is 5.29. The predicted octanol–water partition coefficient (Wildman–Crippen LogP) is 15.8. The van der Waals surface area contributed by atoms with Crippen molar-refractivity contribution in [2.75, 3.05) is 172 Å². The van der Waals surface area contributed by atoms with E-state index >= 15 is 0 Å². The Morgan fingerprint density at radius 1 is 0.327 bits per heavy atom. The van der Waals surface area contributed by atoms with Gasteiger partial charge in [0.05, 0.1) is 0 Å². The molecule has 0 spiro atoms. The average Bonchev–Trinajstić information content (AvgIpc) is 1.32. The topological polar surface area (TPSA) is 35.6 Å². The first kappa shape index (κ1) is 79.4. The Labute approximate surface area is 601 Å². The van der Waals surface area contributed by atoms with Crippen molar-refractivity contribution in [2.24, 2.45) is 5.92 Å². The van der Waals surface area contributed by atoms with Crippen LogP contribution in [0.4, 0.5) is 0 Å². The van der Waals surface area contributed by atoms with Gasteiger partial charge in [-0.15, -0.1) is 0 Å². The molecule has 0 amide bonds. The summed E-state index contributed by atoms with van der Waals surface area (Å²) >= 11 is 0. The van der Waals surface area contributed by atoms with Crippen LogP contribution < -0.4 is 0 Å². The highest BCUT2D eigenvalue weighted by atomic mass is 15.3. The Morgan fingerprint density at radius 2 is 0.633 bits per heavy atom. The second-order valence-corrected chi connectivity index (χ2v) is 32.3. The molecule has 0 N–H and O–H groups in total. The number of likely N-dealkylation sites (N-methyl/N-ethyl adjacent to an activating group) is 3. The molecule has 0 aromatic heterocycles. The number of hydrogen-bond acceptors (Lipinski definition) is 11. The molecule has 0 bridgehead atoms. The number of piperidine rings is 1. The summed E-state index contributed by atoms with van der Waals surface area (Å²) in [6, 6.07) is 48.0. The molecule has 6 aliphatic heterocycles. The maximum absolute atomic E-state index is 2.74. The van der Waals surface area contributed by atoms with E-state index < -0.39 is 0 Å². The Bertz CT molecular complexity index is 2900. The molecule has 11 heteroatoms. The van der Waals surface area contributed by atoms with E-state index in [0.717, 1.165) is 44.2 Å². The lowest BCUT2D eigenvalue weighted by Gasteiger charge is -2.42. The van der Waals surface area contributed by atoms with E-state index in [4.69, 9.17) is 0 Å². The maximum atomic E-state index is 2.74. The van der Waals surface area contributed by atoms with E-state index in [2.05, 4.69) is 286 Å². The van der Waals surface area contributed by atoms with E-state index in [1.165, 1.54) is 238 Å². The summed E-state index contributed by atoms with van der Waals surface area (Å²) in [7, 11) is 6.62. The minimum absolute atomic E-state index is 0.542. The lowest BCUT2D eigenvalue weighted by Crippen LogP contribution is -2.52. The molecule has 7 aliphatic rings. The summed E-state index contributed by atoms with van der Waals surface area (Å²) in [5, 5.41) is 0. The van der Waals surface area contributed by atoms with E-state index in [1.807, 2.05) is 0 Å². The highest BCUT2D eigenvalue weighted by Crippen LogP contribution is 2.31. The largest absolute Gasteiger partial charge is 0.306 e. The summed E-state index contributed by atoms with van der Waals surface area (Å²) in [5.41, 5.74) is 14.5. The molecule has 2 unspecified atom stereocenters. The van der Waals surface area contributed by atoms with Gasteiger partial charge >= 0.3 is 0 Å². The van der Waals surface area contributed by atoms with Crippen molar-refractivity contribution < 1.29 is 0 Å². The van der Waals surface area contributed by atoms with Gasteiger partial charge in [0, 0.05) is 169 Å². The number of nitrogens with zero attached hydrogens (tertiary/aromatic N) is 11. The van der Waals surface area contributed by atoms with Crippen molar-refractivity contribution in [3.05, 3.63) is 177 Å². The van der Waals surface area contributed by atoms with Gasteiger partial charge in [-0.2, -0.15) is 0 Å². The Kier molecular flexibility index (Phi) is 33.3. The molecule has 6 heterocycles. The summed E-state index contributed by atoms with van der Waals surface area (Å²) in [5.74, 6) is 4.18. The second kappa shape index (κ2) is 41.1. The summed E-state index contributed by atoms with van der Waals surface area (Å²) in [6.07, 6.45) is 6.96. The van der Waals surface area contributed by atoms with Gasteiger partial charge in [0.15, 0.2) is 0 Å². The fraction of sp³-hybridized carbons (Fsp3) is 0.655. The minimum atomic E-state index is 0.542. The maximum Gasteiger partial charge on any atom is 0.0320 e. The number of piperazine rings is 4. The third kappa shape index (κ3) is 26.8. The van der Waals surface area contributed by atoms with Gasteiger partial charge in [-0.1, -0.05) is 204 Å². The number of benzene rings is 5. The van der Waals surface area contributed by atoms with Crippen molar-refractivity contribution in [1.82, 2.24) is 53.9 Å². The third-order valence-corrected chi connectivity index (χ3v) is 22.9. The summed E-state index contributed by atoms with van der Waals surface area (Å²) in [4.78, 5) is 28.2. The van der Waals surface area contributed by atoms with E-state index in [-0.39, 0.29) is 0 Å². The molecule has 544 valence electrons. The van der Waals surface area contributed by atoms with Gasteiger partial charge in [-0.05, 0) is 177 Å². The van der Waals surface area contributed by atoms with Crippen molar-refractivity contribution >= 4 is 0 Å². The molecule has 1 saturated carbocycles. The van der Waals surface area contributed by atoms with Gasteiger partial charge in [0.25, 0.3) is 0 Å². The van der Waals surface area contributed by atoms with Crippen LogP contribution in [0.15, 0.2) is 121 Å². The van der Waals surface area contributed by atoms with E-state index in [9.17, 15) is 0 Å².